The molecule has 0 aliphatic carbocycles. The third kappa shape index (κ3) is 13.8. The van der Waals surface area contributed by atoms with Crippen LogP contribution in [0.4, 0.5) is 68.2 Å². The average molecular weight is 1290 g/mol. The maximum atomic E-state index is 2.36. The smallest absolute Gasteiger partial charge is 0.0463 e. The molecule has 0 radical (unpaired) electrons. The number of benzene rings is 16. The first-order valence-electron chi connectivity index (χ1n) is 34.5. The van der Waals surface area contributed by atoms with Gasteiger partial charge in [-0.3, -0.25) is 0 Å². The van der Waals surface area contributed by atoms with Gasteiger partial charge in [-0.1, -0.05) is 279 Å². The summed E-state index contributed by atoms with van der Waals surface area (Å²) in [6, 6.07) is 151. The zero-order chi connectivity index (χ0) is 67.7. The highest BCUT2D eigenvalue weighted by Gasteiger charge is 2.21. The maximum absolute atomic E-state index is 2.36. The van der Waals surface area contributed by atoms with Crippen LogP contribution in [0.2, 0.25) is 0 Å². The van der Waals surface area contributed by atoms with Crippen molar-refractivity contribution in [2.24, 2.45) is 0 Å². The van der Waals surface area contributed by atoms with Crippen molar-refractivity contribution in [1.29, 1.82) is 0 Å². The molecule has 16 aromatic rings. The topological polar surface area (TPSA) is 13.0 Å². The van der Waals surface area contributed by atoms with E-state index in [1.54, 1.807) is 0 Å². The van der Waals surface area contributed by atoms with Crippen LogP contribution < -0.4 is 19.6 Å². The Morgan fingerprint density at radius 3 is 0.347 bits per heavy atom. The van der Waals surface area contributed by atoms with E-state index in [2.05, 4.69) is 445 Å². The Bertz CT molecular complexity index is 5170. The Balaban J connectivity index is 0.714. The summed E-state index contributed by atoms with van der Waals surface area (Å²) >= 11 is 0. The summed E-state index contributed by atoms with van der Waals surface area (Å²) in [6.07, 6.45) is 0. The molecule has 0 aliphatic rings. The first-order valence-corrected chi connectivity index (χ1v) is 34.5. The summed E-state index contributed by atoms with van der Waals surface area (Å²) in [6.45, 7) is 2.14. The second-order valence-electron chi connectivity index (χ2n) is 25.4. The minimum absolute atomic E-state index is 1.04. The highest BCUT2D eigenvalue weighted by Crippen LogP contribution is 2.44. The lowest BCUT2D eigenvalue weighted by atomic mass is 10.00. The third-order valence-corrected chi connectivity index (χ3v) is 19.0. The number of nitrogens with zero attached hydrogens (tertiary/aromatic N) is 4. The highest BCUT2D eigenvalue weighted by molar-refractivity contribution is 5.87. The van der Waals surface area contributed by atoms with Crippen LogP contribution in [-0.4, -0.2) is 0 Å². The molecule has 0 aliphatic heterocycles. The van der Waals surface area contributed by atoms with Crippen molar-refractivity contribution in [3.63, 3.8) is 0 Å². The van der Waals surface area contributed by atoms with E-state index < -0.39 is 0 Å². The molecule has 0 N–H and O–H groups in total. The lowest BCUT2D eigenvalue weighted by Crippen LogP contribution is -2.12. The quantitative estimate of drug-likeness (QED) is 0.0800. The van der Waals surface area contributed by atoms with Crippen LogP contribution in [0.5, 0.6) is 0 Å². The molecule has 101 heavy (non-hydrogen) atoms. The van der Waals surface area contributed by atoms with E-state index in [4.69, 9.17) is 0 Å². The monoisotopic (exact) mass is 1290 g/mol. The normalized spacial score (nSPS) is 11.0. The van der Waals surface area contributed by atoms with Crippen molar-refractivity contribution in [2.45, 2.75) is 6.92 Å². The molecule has 0 atom stereocenters. The number of hydrogen-bond donors (Lipinski definition) is 0. The summed E-state index contributed by atoms with van der Waals surface area (Å²) in [4.78, 5) is 9.40. The SMILES string of the molecule is Cc1ccc(N(c2ccc(-c3ccc(N(c4ccc(-c5ccc(-c6ccccc6)cc5)cc4)c4ccc(N(c5ccc(-c6ccccc6)cc5)c5ccc(-c6ccccc6)cc5)cc4)cc3)cc2)c2ccc(N(c3ccc(-c4ccccc4)cc3)c3ccc(-c4ccccc4)cc3)cc2)cc1. The second kappa shape index (κ2) is 28.8. The maximum Gasteiger partial charge on any atom is 0.0463 e. The Morgan fingerprint density at radius 1 is 0.109 bits per heavy atom. The third-order valence-electron chi connectivity index (χ3n) is 19.0. The zero-order valence-corrected chi connectivity index (χ0v) is 56.1. The van der Waals surface area contributed by atoms with Gasteiger partial charge >= 0.3 is 0 Å². The molecule has 0 saturated carbocycles. The van der Waals surface area contributed by atoms with E-state index >= 15 is 0 Å². The first kappa shape index (κ1) is 62.5. The fourth-order valence-electron chi connectivity index (χ4n) is 13.6. The van der Waals surface area contributed by atoms with Crippen LogP contribution in [0.15, 0.2) is 419 Å². The number of aryl methyl sites for hydroxylation is 1. The lowest BCUT2D eigenvalue weighted by molar-refractivity contribution is 1.25. The minimum atomic E-state index is 1.04. The molecule has 4 heteroatoms. The van der Waals surface area contributed by atoms with Gasteiger partial charge in [-0.2, -0.15) is 0 Å². The molecule has 0 amide bonds. The van der Waals surface area contributed by atoms with Crippen molar-refractivity contribution < 1.29 is 0 Å². The van der Waals surface area contributed by atoms with Crippen LogP contribution >= 0.6 is 0 Å². The predicted octanol–water partition coefficient (Wildman–Crippen LogP) is 27.5. The van der Waals surface area contributed by atoms with Crippen LogP contribution in [0.25, 0.3) is 77.9 Å². The molecule has 16 rings (SSSR count). The summed E-state index contributed by atoms with van der Waals surface area (Å²) in [5, 5.41) is 0. The van der Waals surface area contributed by atoms with Gasteiger partial charge in [-0.05, 0) is 230 Å². The van der Waals surface area contributed by atoms with Gasteiger partial charge in [0.15, 0.2) is 0 Å². The number of rotatable bonds is 19. The largest absolute Gasteiger partial charge is 0.311 e. The molecule has 0 saturated heterocycles. The second-order valence-corrected chi connectivity index (χ2v) is 25.4. The van der Waals surface area contributed by atoms with E-state index in [1.165, 1.54) is 66.8 Å². The van der Waals surface area contributed by atoms with Gasteiger partial charge in [0.25, 0.3) is 0 Å². The standard InChI is InChI=1S/C97H72N4/c1-71-27-47-86(48-28-71)98(94-63-65-95(66-64-94)99(88-49-33-79(34-50-88)73-19-9-3-10-20-73)89-51-35-80(36-52-89)74-21-11-4-12-22-74)87-59-43-84(44-60-87)85-45-61-93(62-46-85)101(92-57-41-83(42-58-92)78-31-29-77(30-32-78)72-17-7-2-8-18-72)97-69-67-96(68-70-97)100(90-53-37-81(38-54-90)75-23-13-5-14-24-75)91-55-39-82(40-56-91)76-25-15-6-16-26-76/h2-70H,1H3. The molecule has 4 nitrogen and oxygen atoms in total. The highest BCUT2D eigenvalue weighted by atomic mass is 15.2. The molecule has 0 bridgehead atoms. The predicted molar refractivity (Wildman–Crippen MR) is 428 cm³/mol. The van der Waals surface area contributed by atoms with E-state index in [1.807, 2.05) is 0 Å². The first-order chi connectivity index (χ1) is 50.0. The zero-order valence-electron chi connectivity index (χ0n) is 56.1. The number of hydrogen-bond acceptors (Lipinski definition) is 4. The van der Waals surface area contributed by atoms with E-state index in [0.29, 0.717) is 0 Å². The van der Waals surface area contributed by atoms with Crippen LogP contribution in [0.3, 0.4) is 0 Å². The minimum Gasteiger partial charge on any atom is -0.311 e. The lowest BCUT2D eigenvalue weighted by Gasteiger charge is -2.29. The van der Waals surface area contributed by atoms with Crippen molar-refractivity contribution >= 4 is 68.2 Å². The fraction of sp³-hybridized carbons (Fsp3) is 0.0103. The molecule has 0 fully saturated rings. The average Bonchev–Trinajstić information content (AvgIpc) is 0.795. The molecular weight excluding hydrogens is 1220 g/mol. The van der Waals surface area contributed by atoms with Crippen LogP contribution in [-0.2, 0) is 0 Å². The Hall–Kier alpha value is -13.3. The fourth-order valence-corrected chi connectivity index (χ4v) is 13.6. The summed E-state index contributed by atoms with van der Waals surface area (Å²) in [7, 11) is 0. The van der Waals surface area contributed by atoms with Gasteiger partial charge < -0.3 is 19.6 Å². The van der Waals surface area contributed by atoms with E-state index in [9.17, 15) is 0 Å². The summed E-state index contributed by atoms with van der Waals surface area (Å²) in [5.74, 6) is 0. The molecule has 0 unspecified atom stereocenters. The molecule has 16 aromatic carbocycles. The molecule has 0 spiro atoms. The number of anilines is 12. The Labute approximate surface area is 593 Å². The van der Waals surface area contributed by atoms with Gasteiger partial charge in [0.1, 0.15) is 0 Å². The van der Waals surface area contributed by atoms with E-state index in [0.717, 1.165) is 84.9 Å². The van der Waals surface area contributed by atoms with Gasteiger partial charge in [-0.25, -0.2) is 0 Å². The summed E-state index contributed by atoms with van der Waals surface area (Å²) in [5.41, 5.74) is 30.4. The van der Waals surface area contributed by atoms with Crippen molar-refractivity contribution in [3.05, 3.63) is 424 Å². The summed E-state index contributed by atoms with van der Waals surface area (Å²) < 4.78 is 0. The van der Waals surface area contributed by atoms with Gasteiger partial charge in [-0.15, -0.1) is 0 Å². The molecule has 0 heterocycles. The van der Waals surface area contributed by atoms with E-state index in [-0.39, 0.29) is 0 Å². The Kier molecular flexibility index (Phi) is 17.8. The van der Waals surface area contributed by atoms with Crippen molar-refractivity contribution in [2.75, 3.05) is 19.6 Å². The van der Waals surface area contributed by atoms with Gasteiger partial charge in [0, 0.05) is 68.2 Å². The molecular formula is C97H72N4. The molecule has 0 aromatic heterocycles. The Morgan fingerprint density at radius 2 is 0.208 bits per heavy atom. The van der Waals surface area contributed by atoms with Crippen molar-refractivity contribution in [1.82, 2.24) is 0 Å². The molecule has 480 valence electrons. The van der Waals surface area contributed by atoms with Gasteiger partial charge in [0.2, 0.25) is 0 Å². The van der Waals surface area contributed by atoms with Crippen molar-refractivity contribution in [3.8, 4) is 77.9 Å². The van der Waals surface area contributed by atoms with Crippen LogP contribution in [0, 0.1) is 6.92 Å². The van der Waals surface area contributed by atoms with Crippen LogP contribution in [0.1, 0.15) is 5.56 Å². The van der Waals surface area contributed by atoms with Gasteiger partial charge in [0.05, 0.1) is 0 Å².